The largest absolute Gasteiger partial charge is 0.324 e. The Hall–Kier alpha value is -1.31. The fourth-order valence-corrected chi connectivity index (χ4v) is 3.12. The van der Waals surface area contributed by atoms with Gasteiger partial charge in [-0.25, -0.2) is 0 Å². The van der Waals surface area contributed by atoms with E-state index in [0.717, 1.165) is 20.3 Å². The summed E-state index contributed by atoms with van der Waals surface area (Å²) in [6.45, 7) is 0. The molecule has 0 aliphatic heterocycles. The summed E-state index contributed by atoms with van der Waals surface area (Å²) in [5.74, 6) is 0.140. The van der Waals surface area contributed by atoms with Crippen molar-refractivity contribution in [2.24, 2.45) is 0 Å². The van der Waals surface area contributed by atoms with E-state index in [9.17, 15) is 9.59 Å². The van der Waals surface area contributed by atoms with E-state index in [1.54, 1.807) is 0 Å². The van der Waals surface area contributed by atoms with Crippen molar-refractivity contribution in [1.82, 2.24) is 0 Å². The maximum Gasteiger partial charge on any atom is 0.234 e. The van der Waals surface area contributed by atoms with Crippen LogP contribution in [-0.2, 0) is 9.59 Å². The SMILES string of the molecule is O=C(CSCC(=O)Nc1ccccc1Br)Nc1ccccc1Br. The number of amides is 2. The van der Waals surface area contributed by atoms with E-state index in [0.29, 0.717) is 0 Å². The molecule has 2 aromatic rings. The number of hydrogen-bond acceptors (Lipinski definition) is 3. The first kappa shape index (κ1) is 18.0. The van der Waals surface area contributed by atoms with Gasteiger partial charge in [0.25, 0.3) is 0 Å². The van der Waals surface area contributed by atoms with Gasteiger partial charge < -0.3 is 10.6 Å². The van der Waals surface area contributed by atoms with Crippen molar-refractivity contribution in [3.8, 4) is 0 Å². The standard InChI is InChI=1S/C16H14Br2N2O2S/c17-11-5-1-3-7-13(11)19-15(21)9-23-10-16(22)20-14-8-4-2-6-12(14)18/h1-8H,9-10H2,(H,19,21)(H,20,22). The maximum absolute atomic E-state index is 11.9. The molecule has 0 bridgehead atoms. The van der Waals surface area contributed by atoms with Crippen molar-refractivity contribution in [3.63, 3.8) is 0 Å². The summed E-state index contributed by atoms with van der Waals surface area (Å²) >= 11 is 8.00. The minimum Gasteiger partial charge on any atom is -0.324 e. The predicted octanol–water partition coefficient (Wildman–Crippen LogP) is 4.52. The molecular formula is C16H14Br2N2O2S. The van der Waals surface area contributed by atoms with Crippen LogP contribution in [0.3, 0.4) is 0 Å². The Labute approximate surface area is 155 Å². The van der Waals surface area contributed by atoms with Crippen molar-refractivity contribution in [2.75, 3.05) is 22.1 Å². The monoisotopic (exact) mass is 456 g/mol. The number of hydrogen-bond donors (Lipinski definition) is 2. The zero-order chi connectivity index (χ0) is 16.7. The average molecular weight is 458 g/mol. The Morgan fingerprint density at radius 1 is 0.783 bits per heavy atom. The summed E-state index contributed by atoms with van der Waals surface area (Å²) in [4.78, 5) is 23.7. The van der Waals surface area contributed by atoms with Gasteiger partial charge in [-0.15, -0.1) is 11.8 Å². The van der Waals surface area contributed by atoms with Gasteiger partial charge in [-0.3, -0.25) is 9.59 Å². The molecule has 23 heavy (non-hydrogen) atoms. The van der Waals surface area contributed by atoms with Gasteiger partial charge in [-0.2, -0.15) is 0 Å². The summed E-state index contributed by atoms with van der Waals surface area (Å²) in [5, 5.41) is 5.59. The number of halogens is 2. The zero-order valence-electron chi connectivity index (χ0n) is 12.0. The summed E-state index contributed by atoms with van der Waals surface area (Å²) in [6.07, 6.45) is 0. The molecule has 0 saturated heterocycles. The average Bonchev–Trinajstić information content (AvgIpc) is 2.52. The molecule has 0 aliphatic rings. The summed E-state index contributed by atoms with van der Waals surface area (Å²) in [5.41, 5.74) is 1.44. The molecule has 0 spiro atoms. The normalized spacial score (nSPS) is 10.2. The van der Waals surface area contributed by atoms with E-state index in [1.807, 2.05) is 48.5 Å². The minimum absolute atomic E-state index is 0.143. The highest BCUT2D eigenvalue weighted by molar-refractivity contribution is 9.11. The second-order valence-electron chi connectivity index (χ2n) is 4.55. The first-order chi connectivity index (χ1) is 11.1. The van der Waals surface area contributed by atoms with E-state index >= 15 is 0 Å². The number of benzene rings is 2. The first-order valence-corrected chi connectivity index (χ1v) is 9.47. The molecular weight excluding hydrogens is 444 g/mol. The lowest BCUT2D eigenvalue weighted by Gasteiger charge is -2.08. The van der Waals surface area contributed by atoms with Crippen LogP contribution in [0, 0.1) is 0 Å². The second kappa shape index (κ2) is 9.10. The molecule has 0 atom stereocenters. The van der Waals surface area contributed by atoms with E-state index in [2.05, 4.69) is 42.5 Å². The van der Waals surface area contributed by atoms with Gasteiger partial charge in [-0.1, -0.05) is 24.3 Å². The molecule has 0 aliphatic carbocycles. The fraction of sp³-hybridized carbons (Fsp3) is 0.125. The highest BCUT2D eigenvalue weighted by Gasteiger charge is 2.08. The predicted molar refractivity (Wildman–Crippen MR) is 103 cm³/mol. The van der Waals surface area contributed by atoms with E-state index in [-0.39, 0.29) is 23.3 Å². The van der Waals surface area contributed by atoms with Crippen LogP contribution in [0.4, 0.5) is 11.4 Å². The van der Waals surface area contributed by atoms with Crippen LogP contribution < -0.4 is 10.6 Å². The lowest BCUT2D eigenvalue weighted by Crippen LogP contribution is -2.18. The van der Waals surface area contributed by atoms with Crippen LogP contribution in [0.1, 0.15) is 0 Å². The molecule has 4 nitrogen and oxygen atoms in total. The number of nitrogens with one attached hydrogen (secondary N) is 2. The molecule has 0 heterocycles. The van der Waals surface area contributed by atoms with Crippen LogP contribution in [0.5, 0.6) is 0 Å². The number of carbonyl (C=O) groups is 2. The molecule has 0 unspecified atom stereocenters. The summed E-state index contributed by atoms with van der Waals surface area (Å²) < 4.78 is 1.65. The maximum atomic E-state index is 11.9. The minimum atomic E-state index is -0.143. The zero-order valence-corrected chi connectivity index (χ0v) is 16.0. The van der Waals surface area contributed by atoms with Crippen molar-refractivity contribution < 1.29 is 9.59 Å². The Bertz CT molecular complexity index is 650. The molecule has 120 valence electrons. The number of anilines is 2. The molecule has 0 saturated carbocycles. The third kappa shape index (κ3) is 6.01. The molecule has 2 rings (SSSR count). The molecule has 0 radical (unpaired) electrons. The Morgan fingerprint density at radius 3 is 1.57 bits per heavy atom. The number of para-hydroxylation sites is 2. The van der Waals surface area contributed by atoms with Crippen LogP contribution >= 0.6 is 43.6 Å². The lowest BCUT2D eigenvalue weighted by molar-refractivity contribution is -0.114. The second-order valence-corrected chi connectivity index (χ2v) is 7.24. The van der Waals surface area contributed by atoms with Gasteiger partial charge in [0, 0.05) is 8.95 Å². The Morgan fingerprint density at radius 2 is 1.17 bits per heavy atom. The lowest BCUT2D eigenvalue weighted by atomic mass is 10.3. The van der Waals surface area contributed by atoms with Crippen LogP contribution in [0.15, 0.2) is 57.5 Å². The van der Waals surface area contributed by atoms with Gasteiger partial charge >= 0.3 is 0 Å². The van der Waals surface area contributed by atoms with Gasteiger partial charge in [0.05, 0.1) is 22.9 Å². The molecule has 2 N–H and O–H groups in total. The third-order valence-electron chi connectivity index (χ3n) is 2.76. The van der Waals surface area contributed by atoms with Crippen molar-refractivity contribution in [3.05, 3.63) is 57.5 Å². The Kier molecular flexibility index (Phi) is 7.14. The first-order valence-electron chi connectivity index (χ1n) is 6.73. The van der Waals surface area contributed by atoms with Crippen molar-refractivity contribution in [1.29, 1.82) is 0 Å². The number of carbonyl (C=O) groups excluding carboxylic acids is 2. The molecule has 7 heteroatoms. The molecule has 0 fully saturated rings. The number of thioether (sulfide) groups is 1. The topological polar surface area (TPSA) is 58.2 Å². The van der Waals surface area contributed by atoms with Crippen molar-refractivity contribution >= 4 is 66.8 Å². The Balaban J connectivity index is 1.74. The molecule has 2 aromatic carbocycles. The van der Waals surface area contributed by atoms with Gasteiger partial charge in [-0.05, 0) is 56.1 Å². The van der Waals surface area contributed by atoms with E-state index < -0.39 is 0 Å². The fourth-order valence-electron chi connectivity index (χ4n) is 1.73. The third-order valence-corrected chi connectivity index (χ3v) is 5.08. The smallest absolute Gasteiger partial charge is 0.234 e. The van der Waals surface area contributed by atoms with Gasteiger partial charge in [0.1, 0.15) is 0 Å². The summed E-state index contributed by atoms with van der Waals surface area (Å²) in [7, 11) is 0. The van der Waals surface area contributed by atoms with Crippen LogP contribution in [0.2, 0.25) is 0 Å². The van der Waals surface area contributed by atoms with Crippen LogP contribution in [-0.4, -0.2) is 23.3 Å². The van der Waals surface area contributed by atoms with Crippen LogP contribution in [0.25, 0.3) is 0 Å². The van der Waals surface area contributed by atoms with Crippen molar-refractivity contribution in [2.45, 2.75) is 0 Å². The highest BCUT2D eigenvalue weighted by atomic mass is 79.9. The summed E-state index contributed by atoms with van der Waals surface area (Å²) in [6, 6.07) is 14.8. The highest BCUT2D eigenvalue weighted by Crippen LogP contribution is 2.22. The number of rotatable bonds is 6. The van der Waals surface area contributed by atoms with E-state index in [1.165, 1.54) is 11.8 Å². The quantitative estimate of drug-likeness (QED) is 0.670. The van der Waals surface area contributed by atoms with E-state index in [4.69, 9.17) is 0 Å². The van der Waals surface area contributed by atoms with Gasteiger partial charge in [0.15, 0.2) is 0 Å². The molecule has 2 amide bonds. The van der Waals surface area contributed by atoms with Gasteiger partial charge in [0.2, 0.25) is 11.8 Å². The molecule has 0 aromatic heterocycles.